The van der Waals surface area contributed by atoms with Gasteiger partial charge in [0.2, 0.25) is 0 Å². The topological polar surface area (TPSA) is 98.0 Å². The standard InChI is InChI=1S/C26H36O5/c1-17-8-9-19-15-20(11-10-18(19)14-17)23(27)13-12-22-21(24(28)16-25(22)29)6-4-2-3-5-7-26(30)31/h8-11,14-15,21-25,27-29H,2-7,12-13,16H2,1H3,(H,30,31). The lowest BCUT2D eigenvalue weighted by Crippen LogP contribution is -2.23. The summed E-state index contributed by atoms with van der Waals surface area (Å²) in [5.74, 6) is -0.720. The molecule has 1 fully saturated rings. The number of carboxylic acids is 1. The minimum Gasteiger partial charge on any atom is -0.481 e. The number of aryl methyl sites for hydroxylation is 1. The van der Waals surface area contributed by atoms with E-state index in [4.69, 9.17) is 5.11 Å². The number of aliphatic hydroxyl groups is 3. The van der Waals surface area contributed by atoms with Crippen molar-refractivity contribution in [1.29, 1.82) is 0 Å². The molecule has 170 valence electrons. The zero-order chi connectivity index (χ0) is 22.4. The van der Waals surface area contributed by atoms with Crippen LogP contribution in [0.1, 0.15) is 75.0 Å². The highest BCUT2D eigenvalue weighted by Crippen LogP contribution is 2.40. The zero-order valence-electron chi connectivity index (χ0n) is 18.4. The predicted molar refractivity (Wildman–Crippen MR) is 122 cm³/mol. The molecule has 1 aliphatic rings. The first-order chi connectivity index (χ1) is 14.8. The Bertz CT molecular complexity index is 864. The van der Waals surface area contributed by atoms with E-state index in [1.165, 1.54) is 5.56 Å². The maximum Gasteiger partial charge on any atom is 0.303 e. The van der Waals surface area contributed by atoms with Gasteiger partial charge in [0.1, 0.15) is 0 Å². The SMILES string of the molecule is Cc1ccc2cc(C(O)CCC3C(O)CC(O)C3CCCCCCC(=O)O)ccc2c1. The summed E-state index contributed by atoms with van der Waals surface area (Å²) < 4.78 is 0. The molecule has 5 nitrogen and oxygen atoms in total. The number of benzene rings is 2. The molecule has 0 bridgehead atoms. The molecule has 3 rings (SSSR count). The molecule has 0 aliphatic heterocycles. The summed E-state index contributed by atoms with van der Waals surface area (Å²) >= 11 is 0. The van der Waals surface area contributed by atoms with Crippen LogP contribution >= 0.6 is 0 Å². The van der Waals surface area contributed by atoms with Gasteiger partial charge in [0.15, 0.2) is 0 Å². The molecule has 0 heterocycles. The highest BCUT2D eigenvalue weighted by molar-refractivity contribution is 5.83. The Hall–Kier alpha value is -1.95. The molecule has 2 aromatic rings. The second-order valence-electron chi connectivity index (χ2n) is 9.25. The average Bonchev–Trinajstić information content (AvgIpc) is 3.00. The molecular formula is C26H36O5. The lowest BCUT2D eigenvalue weighted by atomic mass is 9.84. The van der Waals surface area contributed by atoms with Crippen molar-refractivity contribution in [2.24, 2.45) is 11.8 Å². The van der Waals surface area contributed by atoms with Crippen molar-refractivity contribution in [3.8, 4) is 0 Å². The van der Waals surface area contributed by atoms with Crippen LogP contribution in [0.3, 0.4) is 0 Å². The number of rotatable bonds is 11. The molecule has 2 aromatic carbocycles. The van der Waals surface area contributed by atoms with Crippen LogP contribution in [0.25, 0.3) is 10.8 Å². The number of carbonyl (C=O) groups is 1. The summed E-state index contributed by atoms with van der Waals surface area (Å²) in [6, 6.07) is 12.3. The van der Waals surface area contributed by atoms with Crippen molar-refractivity contribution in [3.63, 3.8) is 0 Å². The molecular weight excluding hydrogens is 392 g/mol. The van der Waals surface area contributed by atoms with Crippen LogP contribution in [-0.2, 0) is 4.79 Å². The van der Waals surface area contributed by atoms with Crippen molar-refractivity contribution < 1.29 is 25.2 Å². The van der Waals surface area contributed by atoms with Crippen LogP contribution < -0.4 is 0 Å². The van der Waals surface area contributed by atoms with Crippen LogP contribution in [0, 0.1) is 18.8 Å². The molecule has 5 heteroatoms. The molecule has 1 aliphatic carbocycles. The molecule has 0 saturated heterocycles. The van der Waals surface area contributed by atoms with E-state index in [-0.39, 0.29) is 18.3 Å². The van der Waals surface area contributed by atoms with Crippen LogP contribution in [0.2, 0.25) is 0 Å². The van der Waals surface area contributed by atoms with Crippen LogP contribution in [0.4, 0.5) is 0 Å². The van der Waals surface area contributed by atoms with Gasteiger partial charge in [0, 0.05) is 6.42 Å². The fraction of sp³-hybridized carbons (Fsp3) is 0.577. The van der Waals surface area contributed by atoms with Gasteiger partial charge in [-0.15, -0.1) is 0 Å². The number of hydrogen-bond acceptors (Lipinski definition) is 4. The summed E-state index contributed by atoms with van der Waals surface area (Å²) in [5, 5.41) is 42.6. The van der Waals surface area contributed by atoms with E-state index in [0.717, 1.165) is 42.0 Å². The third-order valence-corrected chi connectivity index (χ3v) is 6.88. The first-order valence-electron chi connectivity index (χ1n) is 11.6. The van der Waals surface area contributed by atoms with Gasteiger partial charge in [-0.05, 0) is 73.3 Å². The molecule has 1 saturated carbocycles. The lowest BCUT2D eigenvalue weighted by molar-refractivity contribution is -0.137. The van der Waals surface area contributed by atoms with Crippen LogP contribution in [0.15, 0.2) is 36.4 Å². The van der Waals surface area contributed by atoms with E-state index >= 15 is 0 Å². The number of hydrogen-bond donors (Lipinski definition) is 4. The van der Waals surface area contributed by atoms with Crippen molar-refractivity contribution in [2.75, 3.05) is 0 Å². The van der Waals surface area contributed by atoms with E-state index in [2.05, 4.69) is 25.1 Å². The first-order valence-corrected chi connectivity index (χ1v) is 11.6. The molecule has 0 radical (unpaired) electrons. The Morgan fingerprint density at radius 3 is 2.32 bits per heavy atom. The molecule has 4 N–H and O–H groups in total. The van der Waals surface area contributed by atoms with Crippen molar-refractivity contribution in [3.05, 3.63) is 47.5 Å². The Balaban J connectivity index is 1.52. The number of unbranched alkanes of at least 4 members (excludes halogenated alkanes) is 3. The van der Waals surface area contributed by atoms with E-state index < -0.39 is 24.3 Å². The largest absolute Gasteiger partial charge is 0.481 e. The van der Waals surface area contributed by atoms with E-state index in [1.54, 1.807) is 0 Å². The molecule has 0 aromatic heterocycles. The predicted octanol–water partition coefficient (Wildman–Crippen LogP) is 4.74. The highest BCUT2D eigenvalue weighted by Gasteiger charge is 2.40. The third-order valence-electron chi connectivity index (χ3n) is 6.88. The normalized spacial score (nSPS) is 24.5. The summed E-state index contributed by atoms with van der Waals surface area (Å²) in [6.45, 7) is 2.07. The van der Waals surface area contributed by atoms with Crippen molar-refractivity contribution in [2.45, 2.75) is 83.0 Å². The van der Waals surface area contributed by atoms with Gasteiger partial charge in [0.25, 0.3) is 0 Å². The monoisotopic (exact) mass is 428 g/mol. The third kappa shape index (κ3) is 6.52. The van der Waals surface area contributed by atoms with Crippen molar-refractivity contribution in [1.82, 2.24) is 0 Å². The van der Waals surface area contributed by atoms with Gasteiger partial charge in [-0.25, -0.2) is 0 Å². The molecule has 5 unspecified atom stereocenters. The Kier molecular flexibility index (Phi) is 8.47. The molecule has 0 spiro atoms. The van der Waals surface area contributed by atoms with Gasteiger partial charge in [-0.3, -0.25) is 4.79 Å². The second-order valence-corrected chi connectivity index (χ2v) is 9.25. The Morgan fingerprint density at radius 1 is 0.935 bits per heavy atom. The van der Waals surface area contributed by atoms with Crippen LogP contribution in [0.5, 0.6) is 0 Å². The summed E-state index contributed by atoms with van der Waals surface area (Å²) in [5.41, 5.74) is 2.10. The van der Waals surface area contributed by atoms with Gasteiger partial charge in [-0.2, -0.15) is 0 Å². The number of carboxylic acid groups (broad SMARTS) is 1. The van der Waals surface area contributed by atoms with Crippen LogP contribution in [-0.4, -0.2) is 38.6 Å². The maximum atomic E-state index is 10.8. The summed E-state index contributed by atoms with van der Waals surface area (Å²) in [7, 11) is 0. The number of aliphatic carboxylic acids is 1. The zero-order valence-corrected chi connectivity index (χ0v) is 18.4. The fourth-order valence-electron chi connectivity index (χ4n) is 5.10. The van der Waals surface area contributed by atoms with E-state index in [0.29, 0.717) is 25.7 Å². The van der Waals surface area contributed by atoms with Crippen molar-refractivity contribution >= 4 is 16.7 Å². The Labute approximate surface area is 184 Å². The summed E-state index contributed by atoms with van der Waals surface area (Å²) in [6.07, 6.45) is 4.49. The number of fused-ring (bicyclic) bond motifs is 1. The number of aliphatic hydroxyl groups excluding tert-OH is 3. The molecule has 31 heavy (non-hydrogen) atoms. The minimum absolute atomic E-state index is 0.00762. The van der Waals surface area contributed by atoms with Gasteiger partial charge in [0.05, 0.1) is 18.3 Å². The molecule has 0 amide bonds. The quantitative estimate of drug-likeness (QED) is 0.387. The lowest BCUT2D eigenvalue weighted by Gasteiger charge is -2.25. The second kappa shape index (κ2) is 11.1. The van der Waals surface area contributed by atoms with Gasteiger partial charge < -0.3 is 20.4 Å². The van der Waals surface area contributed by atoms with Gasteiger partial charge in [-0.1, -0.05) is 55.2 Å². The van der Waals surface area contributed by atoms with E-state index in [1.807, 2.05) is 18.2 Å². The first kappa shape index (κ1) is 23.7. The highest BCUT2D eigenvalue weighted by atomic mass is 16.4. The maximum absolute atomic E-state index is 10.8. The summed E-state index contributed by atoms with van der Waals surface area (Å²) in [4.78, 5) is 10.6. The smallest absolute Gasteiger partial charge is 0.303 e. The fourth-order valence-corrected chi connectivity index (χ4v) is 5.10. The van der Waals surface area contributed by atoms with Gasteiger partial charge >= 0.3 is 5.97 Å². The average molecular weight is 429 g/mol. The molecule has 5 atom stereocenters. The Morgan fingerprint density at radius 2 is 1.58 bits per heavy atom. The minimum atomic E-state index is -0.755. The van der Waals surface area contributed by atoms with E-state index in [9.17, 15) is 20.1 Å².